The molecule has 0 spiro atoms. The molecule has 191 valence electrons. The third kappa shape index (κ3) is 194. The van der Waals surface area contributed by atoms with Gasteiger partial charge in [-0.15, -0.1) is 0 Å². The van der Waals surface area contributed by atoms with E-state index in [2.05, 4.69) is 54.9 Å². The van der Waals surface area contributed by atoms with Gasteiger partial charge in [0.2, 0.25) is 0 Å². The van der Waals surface area contributed by atoms with Crippen molar-refractivity contribution < 1.29 is 164 Å². The second kappa shape index (κ2) is 184. The van der Waals surface area contributed by atoms with E-state index in [0.29, 0.717) is 0 Å². The minimum Gasteiger partial charge on any atom is -0.358 e. The van der Waals surface area contributed by atoms with E-state index in [4.69, 9.17) is 0 Å². The number of rotatable bonds is 5. The van der Waals surface area contributed by atoms with Crippen LogP contribution in [0.1, 0.15) is 133 Å². The molecule has 0 saturated heterocycles. The fraction of sp³-hybridized carbons (Fsp3) is 0.800. The molecule has 5 radical (unpaired) electrons. The second-order valence-electron chi connectivity index (χ2n) is 3.08. The Morgan fingerprint density at radius 2 is 0.700 bits per heavy atom. The van der Waals surface area contributed by atoms with Gasteiger partial charge >= 0.3 is 0 Å². The molecule has 5 heteroatoms. The van der Waals surface area contributed by atoms with Crippen molar-refractivity contribution in [3.63, 3.8) is 0 Å². The molecule has 0 aromatic heterocycles. The number of unbranched alkanes of at least 4 members (excludes halogenated alkanes) is 2. The smallest absolute Gasteiger partial charge is 0 e. The summed E-state index contributed by atoms with van der Waals surface area (Å²) in [5, 5.41) is 0. The number of hydrogen-bond acceptors (Lipinski definition) is 0. The van der Waals surface area contributed by atoms with Crippen molar-refractivity contribution in [1.82, 2.24) is 0 Å². The van der Waals surface area contributed by atoms with Gasteiger partial charge in [-0.25, -0.2) is 0 Å². The van der Waals surface area contributed by atoms with Crippen LogP contribution in [0.3, 0.4) is 0 Å². The fourth-order valence-corrected chi connectivity index (χ4v) is 0.986. The molecule has 0 aliphatic carbocycles. The van der Waals surface area contributed by atoms with E-state index in [9.17, 15) is 0 Å². The van der Waals surface area contributed by atoms with Crippen molar-refractivity contribution >= 4 is 0 Å². The zero-order valence-corrected chi connectivity index (χ0v) is 30.9. The van der Waals surface area contributed by atoms with Gasteiger partial charge in [0.05, 0.1) is 0 Å². The van der Waals surface area contributed by atoms with E-state index in [-0.39, 0.29) is 230 Å². The Hall–Kier alpha value is 5.52. The van der Waals surface area contributed by atoms with E-state index >= 15 is 0 Å². The molecule has 0 saturated carbocycles. The molecule has 0 nitrogen and oxygen atoms in total. The van der Waals surface area contributed by atoms with Crippen LogP contribution in [0.15, 0.2) is 0 Å². The van der Waals surface area contributed by atoms with Crippen LogP contribution in [0.5, 0.6) is 0 Å². The van der Waals surface area contributed by atoms with Gasteiger partial charge in [0.1, 0.15) is 0 Å². The van der Waals surface area contributed by atoms with Gasteiger partial charge < -0.3 is 34.6 Å². The Morgan fingerprint density at radius 3 is 0.700 bits per heavy atom. The molecule has 0 N–H and O–H groups in total. The fourth-order valence-electron chi connectivity index (χ4n) is 0.986. The zero-order chi connectivity index (χ0) is 13.8. The Bertz CT molecular complexity index is 65.0. The molecule has 0 heterocycles. The first-order valence-electron chi connectivity index (χ1n) is 6.78. The van der Waals surface area contributed by atoms with Crippen LogP contribution in [-0.4, -0.2) is 0 Å². The van der Waals surface area contributed by atoms with Crippen molar-refractivity contribution in [1.29, 1.82) is 0 Å². The summed E-state index contributed by atoms with van der Waals surface area (Å²) in [6.07, 6.45) is 8.38. The second-order valence-corrected chi connectivity index (χ2v) is 3.08. The topological polar surface area (TPSA) is 0 Å². The van der Waals surface area contributed by atoms with Gasteiger partial charge in [-0.3, -0.25) is 0 Å². The van der Waals surface area contributed by atoms with E-state index in [0.717, 1.165) is 12.3 Å². The van der Waals surface area contributed by atoms with E-state index in [1.807, 2.05) is 0 Å². The van der Waals surface area contributed by atoms with Crippen LogP contribution in [0, 0.1) is 40.5 Å². The van der Waals surface area contributed by atoms with Gasteiger partial charge in [-0.1, -0.05) is 106 Å². The molecule has 0 bridgehead atoms. The molecule has 0 aromatic carbocycles. The molecule has 0 amide bonds. The van der Waals surface area contributed by atoms with Gasteiger partial charge in [0, 0.05) is 164 Å². The zero-order valence-electron chi connectivity index (χ0n) is 16.7. The predicted octanol–water partition coefficient (Wildman–Crippen LogP) is 11.9. The van der Waals surface area contributed by atoms with Crippen molar-refractivity contribution in [3.05, 3.63) is 34.6 Å². The van der Waals surface area contributed by atoms with Crippen LogP contribution in [0.4, 0.5) is 0 Å². The minimum atomic E-state index is 0. The van der Waals surface area contributed by atoms with E-state index in [1.165, 1.54) is 25.7 Å². The summed E-state index contributed by atoms with van der Waals surface area (Å²) in [4.78, 5) is 0. The van der Waals surface area contributed by atoms with Crippen molar-refractivity contribution in [2.45, 2.75) is 133 Å². The quantitative estimate of drug-likeness (QED) is 0.243. The van der Waals surface area contributed by atoms with Crippen LogP contribution in [0.25, 0.3) is 0 Å². The molecule has 0 aliphatic heterocycles. The molecule has 0 aromatic rings. The summed E-state index contributed by atoms with van der Waals surface area (Å²) in [5.74, 6) is 0.875. The standard InChI is InChI=1S/C7H15.C5H11.2C2H5.8CH4.CH3.5Y/c1-4-7(5-2)6-3;1-3-5-4-2;2*1-2;;;;;;;;;;;;;;/h7H,1,4-6H2,2-3H3;5H,3-4H2,1-2H3;2*1H2,2H3;8*1H4;1H3;;;;;/q4*-1;;;;;;;;;-1;;;;;. The van der Waals surface area contributed by atoms with E-state index < -0.39 is 0 Å². The SMILES string of the molecule is C.C.C.C.C.C.C.C.CC[CH-]CC.[CH2-]C.[CH2-]C.[CH2-]CC(CC)CC.[CH3-].[Y].[Y].[Y].[Y].[Y]. The van der Waals surface area contributed by atoms with Crippen molar-refractivity contribution in [3.8, 4) is 0 Å². The molecule has 0 rings (SSSR count). The van der Waals surface area contributed by atoms with Gasteiger partial charge in [0.15, 0.2) is 0 Å². The molecule has 0 atom stereocenters. The largest absolute Gasteiger partial charge is 0.358 e. The maximum Gasteiger partial charge on any atom is 0 e. The average Bonchev–Trinajstić information content (AvgIpc) is 2.38. The van der Waals surface area contributed by atoms with Crippen LogP contribution in [0.2, 0.25) is 0 Å². The number of hydrogen-bond donors (Lipinski definition) is 0. The normalized spacial score (nSPS) is 4.20. The van der Waals surface area contributed by atoms with Gasteiger partial charge in [0.25, 0.3) is 0 Å². The van der Waals surface area contributed by atoms with Crippen LogP contribution < -0.4 is 0 Å². The Balaban J connectivity index is -0.00000000369. The first-order valence-corrected chi connectivity index (χ1v) is 6.78. The molecular formula is C25H71Y5-5. The Kier molecular flexibility index (Phi) is 846. The first kappa shape index (κ1) is 138. The Labute approximate surface area is 330 Å². The third-order valence-electron chi connectivity index (χ3n) is 2.14. The summed E-state index contributed by atoms with van der Waals surface area (Å²) in [7, 11) is 0. The van der Waals surface area contributed by atoms with E-state index in [1.54, 1.807) is 13.8 Å². The minimum absolute atomic E-state index is 0. The maximum absolute atomic E-state index is 3.83. The maximum atomic E-state index is 3.83. The molecule has 0 fully saturated rings. The monoisotopic (exact) mass is 816 g/mol. The Morgan fingerprint density at radius 1 is 0.533 bits per heavy atom. The van der Waals surface area contributed by atoms with Crippen LogP contribution >= 0.6 is 0 Å². The molecule has 0 unspecified atom stereocenters. The first-order chi connectivity index (χ1) is 7.76. The van der Waals surface area contributed by atoms with Gasteiger partial charge in [-0.05, 0) is 0 Å². The van der Waals surface area contributed by atoms with Crippen molar-refractivity contribution in [2.75, 3.05) is 0 Å². The average molecular weight is 816 g/mol. The van der Waals surface area contributed by atoms with Crippen LogP contribution in [-0.2, 0) is 164 Å². The summed E-state index contributed by atoms with van der Waals surface area (Å²) in [6, 6.07) is 0. The van der Waals surface area contributed by atoms with Gasteiger partial charge in [-0.2, -0.15) is 33.1 Å². The molecular weight excluding hydrogens is 745 g/mol. The molecule has 30 heavy (non-hydrogen) atoms. The summed E-state index contributed by atoms with van der Waals surface area (Å²) in [5.41, 5.74) is 0. The summed E-state index contributed by atoms with van der Waals surface area (Å²) < 4.78 is 0. The summed E-state index contributed by atoms with van der Waals surface area (Å²) >= 11 is 0. The predicted molar refractivity (Wildman–Crippen MR) is 141 cm³/mol. The third-order valence-corrected chi connectivity index (χ3v) is 2.14. The summed E-state index contributed by atoms with van der Waals surface area (Å²) in [6.45, 7) is 22.6. The van der Waals surface area contributed by atoms with Crippen molar-refractivity contribution in [2.24, 2.45) is 5.92 Å². The molecule has 0 aliphatic rings.